The number of halogens is 1. The number of hydrogen-bond donors (Lipinski definition) is 2. The lowest BCUT2D eigenvalue weighted by molar-refractivity contribution is 0.0342. The Hall–Kier alpha value is -0.860. The molecule has 124 valence electrons. The summed E-state index contributed by atoms with van der Waals surface area (Å²) in [5.74, 6) is 0.503. The van der Waals surface area contributed by atoms with Gasteiger partial charge in [0.1, 0.15) is 0 Å². The highest BCUT2D eigenvalue weighted by atomic mass is 127. The smallest absolute Gasteiger partial charge is 0.189 e. The second-order valence-electron chi connectivity index (χ2n) is 5.71. The van der Waals surface area contributed by atoms with Crippen LogP contribution in [-0.2, 0) is 17.8 Å². The zero-order valence-corrected chi connectivity index (χ0v) is 15.7. The molecule has 1 aliphatic rings. The fourth-order valence-electron chi connectivity index (χ4n) is 2.36. The molecule has 0 spiro atoms. The van der Waals surface area contributed by atoms with Gasteiger partial charge in [-0.1, -0.05) is 24.3 Å². The van der Waals surface area contributed by atoms with Crippen LogP contribution in [0, 0.1) is 0 Å². The van der Waals surface area contributed by atoms with E-state index in [2.05, 4.69) is 39.5 Å². The topological polar surface area (TPSA) is 62.9 Å². The zero-order valence-electron chi connectivity index (χ0n) is 13.4. The summed E-state index contributed by atoms with van der Waals surface area (Å²) in [6.07, 6.45) is 0. The standard InChI is InChI=1S/C16H26N4O.HI/c1-13(2)19-16(17)18-11-14-4-3-5-15(10-14)12-20-6-8-21-9-7-20;/h3-5,10,13H,6-9,11-12H2,1-2H3,(H3,17,18,19);1H. The van der Waals surface area contributed by atoms with Gasteiger partial charge < -0.3 is 15.8 Å². The van der Waals surface area contributed by atoms with E-state index in [0.717, 1.165) is 32.8 Å². The van der Waals surface area contributed by atoms with Crippen LogP contribution in [0.2, 0.25) is 0 Å². The van der Waals surface area contributed by atoms with Crippen molar-refractivity contribution >= 4 is 29.9 Å². The van der Waals surface area contributed by atoms with Crippen LogP contribution in [0.15, 0.2) is 29.3 Å². The molecule has 1 aliphatic heterocycles. The lowest BCUT2D eigenvalue weighted by Crippen LogP contribution is -2.36. The summed E-state index contributed by atoms with van der Waals surface area (Å²) >= 11 is 0. The number of benzene rings is 1. The van der Waals surface area contributed by atoms with Gasteiger partial charge in [-0.25, -0.2) is 4.99 Å². The molecule has 22 heavy (non-hydrogen) atoms. The van der Waals surface area contributed by atoms with E-state index in [0.29, 0.717) is 18.5 Å². The third kappa shape index (κ3) is 6.93. The second kappa shape index (κ2) is 10.0. The minimum Gasteiger partial charge on any atom is -0.379 e. The van der Waals surface area contributed by atoms with Crippen LogP contribution >= 0.6 is 24.0 Å². The van der Waals surface area contributed by atoms with Crippen LogP contribution in [0.5, 0.6) is 0 Å². The van der Waals surface area contributed by atoms with Gasteiger partial charge >= 0.3 is 0 Å². The molecule has 5 nitrogen and oxygen atoms in total. The zero-order chi connectivity index (χ0) is 15.1. The van der Waals surface area contributed by atoms with Gasteiger partial charge in [-0.05, 0) is 25.0 Å². The number of nitrogens with one attached hydrogen (secondary N) is 1. The maximum atomic E-state index is 5.83. The summed E-state index contributed by atoms with van der Waals surface area (Å²) in [4.78, 5) is 6.79. The molecular weight excluding hydrogens is 391 g/mol. The minimum absolute atomic E-state index is 0. The molecule has 0 bridgehead atoms. The molecule has 2 rings (SSSR count). The average molecular weight is 418 g/mol. The molecule has 0 radical (unpaired) electrons. The summed E-state index contributed by atoms with van der Waals surface area (Å²) in [7, 11) is 0. The van der Waals surface area contributed by atoms with E-state index < -0.39 is 0 Å². The van der Waals surface area contributed by atoms with Gasteiger partial charge in [0.2, 0.25) is 0 Å². The van der Waals surface area contributed by atoms with Gasteiger partial charge in [-0.2, -0.15) is 0 Å². The average Bonchev–Trinajstić information content (AvgIpc) is 2.46. The van der Waals surface area contributed by atoms with Gasteiger partial charge in [0, 0.05) is 25.7 Å². The number of guanidine groups is 1. The predicted octanol–water partition coefficient (Wildman–Crippen LogP) is 1.95. The van der Waals surface area contributed by atoms with Gasteiger partial charge in [-0.15, -0.1) is 24.0 Å². The number of ether oxygens (including phenoxy) is 1. The highest BCUT2D eigenvalue weighted by Crippen LogP contribution is 2.10. The van der Waals surface area contributed by atoms with Crippen molar-refractivity contribution in [2.45, 2.75) is 33.0 Å². The quantitative estimate of drug-likeness (QED) is 0.436. The maximum Gasteiger partial charge on any atom is 0.189 e. The lowest BCUT2D eigenvalue weighted by atomic mass is 10.1. The molecular formula is C16H27IN4O. The predicted molar refractivity (Wildman–Crippen MR) is 102 cm³/mol. The molecule has 0 atom stereocenters. The van der Waals surface area contributed by atoms with E-state index >= 15 is 0 Å². The van der Waals surface area contributed by atoms with Gasteiger partial charge in [0.05, 0.1) is 19.8 Å². The van der Waals surface area contributed by atoms with Gasteiger partial charge in [0.25, 0.3) is 0 Å². The van der Waals surface area contributed by atoms with Crippen molar-refractivity contribution in [3.05, 3.63) is 35.4 Å². The highest BCUT2D eigenvalue weighted by molar-refractivity contribution is 14.0. The summed E-state index contributed by atoms with van der Waals surface area (Å²) in [5.41, 5.74) is 8.34. The highest BCUT2D eigenvalue weighted by Gasteiger charge is 2.10. The van der Waals surface area contributed by atoms with Gasteiger partial charge in [0.15, 0.2) is 5.96 Å². The van der Waals surface area contributed by atoms with Gasteiger partial charge in [-0.3, -0.25) is 4.90 Å². The summed E-state index contributed by atoms with van der Waals surface area (Å²) in [5, 5.41) is 3.10. The third-order valence-corrected chi connectivity index (χ3v) is 3.37. The molecule has 1 fully saturated rings. The van der Waals surface area contributed by atoms with Crippen LogP contribution in [-0.4, -0.2) is 43.2 Å². The first-order valence-corrected chi connectivity index (χ1v) is 7.58. The van der Waals surface area contributed by atoms with Crippen LogP contribution in [0.25, 0.3) is 0 Å². The van der Waals surface area contributed by atoms with E-state index in [-0.39, 0.29) is 24.0 Å². The van der Waals surface area contributed by atoms with Crippen LogP contribution < -0.4 is 11.1 Å². The first kappa shape index (κ1) is 19.2. The van der Waals surface area contributed by atoms with Crippen LogP contribution in [0.3, 0.4) is 0 Å². The number of nitrogens with two attached hydrogens (primary N) is 1. The van der Waals surface area contributed by atoms with Crippen molar-refractivity contribution in [3.8, 4) is 0 Å². The van der Waals surface area contributed by atoms with E-state index in [4.69, 9.17) is 10.5 Å². The normalized spacial score (nSPS) is 16.4. The molecule has 1 heterocycles. The molecule has 1 aromatic rings. The summed E-state index contributed by atoms with van der Waals surface area (Å²) in [6, 6.07) is 8.86. The Morgan fingerprint density at radius 2 is 2.00 bits per heavy atom. The Kier molecular flexibility index (Phi) is 8.74. The second-order valence-corrected chi connectivity index (χ2v) is 5.71. The molecule has 1 aromatic carbocycles. The molecule has 0 aromatic heterocycles. The Bertz CT molecular complexity index is 473. The maximum absolute atomic E-state index is 5.83. The first-order chi connectivity index (χ1) is 10.1. The van der Waals surface area contributed by atoms with E-state index in [9.17, 15) is 0 Å². The monoisotopic (exact) mass is 418 g/mol. The Balaban J connectivity index is 0.00000242. The molecule has 0 amide bonds. The van der Waals surface area contributed by atoms with Crippen molar-refractivity contribution in [2.75, 3.05) is 26.3 Å². The van der Waals surface area contributed by atoms with Crippen molar-refractivity contribution in [1.29, 1.82) is 0 Å². The number of nitrogens with zero attached hydrogens (tertiary/aromatic N) is 2. The SMILES string of the molecule is CC(C)NC(N)=NCc1cccc(CN2CCOCC2)c1.I. The molecule has 1 saturated heterocycles. The summed E-state index contributed by atoms with van der Waals surface area (Å²) in [6.45, 7) is 9.36. The third-order valence-electron chi connectivity index (χ3n) is 3.37. The fraction of sp³-hybridized carbons (Fsp3) is 0.562. The number of hydrogen-bond acceptors (Lipinski definition) is 3. The van der Waals surface area contributed by atoms with Crippen molar-refractivity contribution in [3.63, 3.8) is 0 Å². The summed E-state index contributed by atoms with van der Waals surface area (Å²) < 4.78 is 5.38. The Labute approximate surface area is 150 Å². The van der Waals surface area contributed by atoms with Crippen LogP contribution in [0.4, 0.5) is 0 Å². The van der Waals surface area contributed by atoms with E-state index in [1.165, 1.54) is 11.1 Å². The largest absolute Gasteiger partial charge is 0.379 e. The molecule has 0 saturated carbocycles. The molecule has 0 unspecified atom stereocenters. The van der Waals surface area contributed by atoms with Crippen molar-refractivity contribution in [1.82, 2.24) is 10.2 Å². The number of rotatable bonds is 5. The van der Waals surface area contributed by atoms with Crippen molar-refractivity contribution < 1.29 is 4.74 Å². The molecule has 3 N–H and O–H groups in total. The van der Waals surface area contributed by atoms with E-state index in [1.54, 1.807) is 0 Å². The Morgan fingerprint density at radius 1 is 1.32 bits per heavy atom. The van der Waals surface area contributed by atoms with Crippen LogP contribution in [0.1, 0.15) is 25.0 Å². The lowest BCUT2D eigenvalue weighted by Gasteiger charge is -2.26. The first-order valence-electron chi connectivity index (χ1n) is 7.58. The number of aliphatic imine (C=N–C) groups is 1. The molecule has 0 aliphatic carbocycles. The van der Waals surface area contributed by atoms with Crippen molar-refractivity contribution in [2.24, 2.45) is 10.7 Å². The minimum atomic E-state index is 0. The Morgan fingerprint density at radius 3 is 2.68 bits per heavy atom. The van der Waals surface area contributed by atoms with E-state index in [1.807, 2.05) is 13.8 Å². The molecule has 6 heteroatoms. The fourth-order valence-corrected chi connectivity index (χ4v) is 2.36. The number of morpholine rings is 1.